The van der Waals surface area contributed by atoms with Crippen molar-refractivity contribution >= 4 is 8.32 Å². The highest BCUT2D eigenvalue weighted by atomic mass is 28.4. The second-order valence-corrected chi connectivity index (χ2v) is 13.7. The second-order valence-electron chi connectivity index (χ2n) is 8.86. The zero-order chi connectivity index (χ0) is 19.8. The molecule has 0 N–H and O–H groups in total. The fourth-order valence-electron chi connectivity index (χ4n) is 2.94. The van der Waals surface area contributed by atoms with Crippen molar-refractivity contribution in [1.29, 1.82) is 0 Å². The van der Waals surface area contributed by atoms with Crippen LogP contribution >= 0.6 is 0 Å². The van der Waals surface area contributed by atoms with Crippen molar-refractivity contribution in [3.05, 3.63) is 35.9 Å². The van der Waals surface area contributed by atoms with Gasteiger partial charge in [-0.15, -0.1) is 0 Å². The second kappa shape index (κ2) is 10.0. The molecular weight excluding hydrogens is 338 g/mol. The van der Waals surface area contributed by atoms with Crippen molar-refractivity contribution in [2.45, 2.75) is 65.8 Å². The lowest BCUT2D eigenvalue weighted by Gasteiger charge is -2.38. The standard InChI is InChI=1S/C22H42NO2Si/c1-9-23(10-2,11-3)17-18-24-21(20-15-13-12-14-16-20)19-25-26(7,8)22(4,5)6/h12-16,21H,9-11,17-19H2,1-8H3/q+1. The molecule has 0 aliphatic rings. The minimum atomic E-state index is -1.78. The molecule has 1 atom stereocenters. The molecule has 3 nitrogen and oxygen atoms in total. The van der Waals surface area contributed by atoms with Gasteiger partial charge >= 0.3 is 0 Å². The van der Waals surface area contributed by atoms with Gasteiger partial charge in [0.25, 0.3) is 0 Å². The van der Waals surface area contributed by atoms with E-state index in [-0.39, 0.29) is 11.1 Å². The first-order valence-corrected chi connectivity index (χ1v) is 13.2. The number of hydrogen-bond acceptors (Lipinski definition) is 2. The van der Waals surface area contributed by atoms with Gasteiger partial charge < -0.3 is 13.6 Å². The van der Waals surface area contributed by atoms with Crippen LogP contribution in [0, 0.1) is 0 Å². The van der Waals surface area contributed by atoms with Crippen molar-refractivity contribution in [1.82, 2.24) is 0 Å². The lowest BCUT2D eigenvalue weighted by Crippen LogP contribution is -2.49. The highest BCUT2D eigenvalue weighted by molar-refractivity contribution is 6.74. The highest BCUT2D eigenvalue weighted by Crippen LogP contribution is 2.37. The largest absolute Gasteiger partial charge is 0.414 e. The van der Waals surface area contributed by atoms with Gasteiger partial charge in [0.2, 0.25) is 0 Å². The molecule has 1 rings (SSSR count). The molecule has 0 bridgehead atoms. The molecule has 0 aliphatic carbocycles. The van der Waals surface area contributed by atoms with Crippen LogP contribution in [0.25, 0.3) is 0 Å². The lowest BCUT2D eigenvalue weighted by molar-refractivity contribution is -0.923. The highest BCUT2D eigenvalue weighted by Gasteiger charge is 2.37. The summed E-state index contributed by atoms with van der Waals surface area (Å²) in [4.78, 5) is 0. The van der Waals surface area contributed by atoms with Gasteiger partial charge in [-0.3, -0.25) is 0 Å². The summed E-state index contributed by atoms with van der Waals surface area (Å²) in [6, 6.07) is 10.5. The van der Waals surface area contributed by atoms with Gasteiger partial charge in [0.05, 0.1) is 32.8 Å². The van der Waals surface area contributed by atoms with E-state index >= 15 is 0 Å². The molecule has 26 heavy (non-hydrogen) atoms. The summed E-state index contributed by atoms with van der Waals surface area (Å²) in [6.07, 6.45) is 0.0118. The fourth-order valence-corrected chi connectivity index (χ4v) is 3.94. The average Bonchev–Trinajstić information content (AvgIpc) is 2.61. The van der Waals surface area contributed by atoms with Gasteiger partial charge in [-0.25, -0.2) is 0 Å². The molecule has 1 unspecified atom stereocenters. The van der Waals surface area contributed by atoms with Crippen LogP contribution in [0.3, 0.4) is 0 Å². The zero-order valence-electron chi connectivity index (χ0n) is 18.5. The molecule has 0 radical (unpaired) electrons. The Morgan fingerprint density at radius 1 is 0.962 bits per heavy atom. The topological polar surface area (TPSA) is 18.5 Å². The molecular formula is C22H42NO2Si+. The van der Waals surface area contributed by atoms with Gasteiger partial charge in [0.1, 0.15) is 12.6 Å². The average molecular weight is 381 g/mol. The molecule has 0 aromatic heterocycles. The van der Waals surface area contributed by atoms with Crippen molar-refractivity contribution in [3.63, 3.8) is 0 Å². The number of benzene rings is 1. The van der Waals surface area contributed by atoms with E-state index in [1.807, 2.05) is 0 Å². The van der Waals surface area contributed by atoms with Crippen LogP contribution < -0.4 is 0 Å². The van der Waals surface area contributed by atoms with Gasteiger partial charge in [0.15, 0.2) is 8.32 Å². The lowest BCUT2D eigenvalue weighted by atomic mass is 10.1. The first-order valence-electron chi connectivity index (χ1n) is 10.3. The van der Waals surface area contributed by atoms with Crippen LogP contribution in [-0.2, 0) is 9.16 Å². The maximum absolute atomic E-state index is 6.48. The van der Waals surface area contributed by atoms with E-state index in [0.717, 1.165) is 37.3 Å². The summed E-state index contributed by atoms with van der Waals surface area (Å²) in [6.45, 7) is 24.3. The monoisotopic (exact) mass is 380 g/mol. The minimum Gasteiger partial charge on any atom is -0.414 e. The fraction of sp³-hybridized carbons (Fsp3) is 0.727. The van der Waals surface area contributed by atoms with Crippen LogP contribution in [0.4, 0.5) is 0 Å². The molecule has 1 aromatic carbocycles. The van der Waals surface area contributed by atoms with Gasteiger partial charge in [-0.2, -0.15) is 0 Å². The first kappa shape index (κ1) is 23.4. The summed E-state index contributed by atoms with van der Waals surface area (Å²) < 4.78 is 14.0. The van der Waals surface area contributed by atoms with Crippen LogP contribution in [0.2, 0.25) is 18.1 Å². The van der Waals surface area contributed by atoms with E-state index < -0.39 is 8.32 Å². The smallest absolute Gasteiger partial charge is 0.192 e. The van der Waals surface area contributed by atoms with E-state index in [2.05, 4.69) is 85.0 Å². The molecule has 0 amide bonds. The Hall–Kier alpha value is -0.683. The number of hydrogen-bond donors (Lipinski definition) is 0. The van der Waals surface area contributed by atoms with E-state index in [9.17, 15) is 0 Å². The molecule has 0 saturated carbocycles. The van der Waals surface area contributed by atoms with Crippen molar-refractivity contribution in [2.75, 3.05) is 39.4 Å². The van der Waals surface area contributed by atoms with Crippen molar-refractivity contribution in [3.8, 4) is 0 Å². The number of likely N-dealkylation sites (N-methyl/N-ethyl adjacent to an activating group) is 1. The number of nitrogens with zero attached hydrogens (tertiary/aromatic N) is 1. The molecule has 0 saturated heterocycles. The van der Waals surface area contributed by atoms with Gasteiger partial charge in [-0.05, 0) is 44.5 Å². The van der Waals surface area contributed by atoms with E-state index in [1.165, 1.54) is 5.56 Å². The van der Waals surface area contributed by atoms with Crippen molar-refractivity contribution in [2.24, 2.45) is 0 Å². The Morgan fingerprint density at radius 3 is 1.96 bits per heavy atom. The predicted octanol–water partition coefficient (Wildman–Crippen LogP) is 5.64. The Bertz CT molecular complexity index is 498. The maximum Gasteiger partial charge on any atom is 0.192 e. The van der Waals surface area contributed by atoms with Gasteiger partial charge in [-0.1, -0.05) is 51.1 Å². The molecule has 0 spiro atoms. The number of quaternary nitrogens is 1. The SMILES string of the molecule is CC[N+](CC)(CC)CCOC(CO[Si](C)(C)C(C)(C)C)c1ccccc1. The van der Waals surface area contributed by atoms with Crippen LogP contribution in [0.5, 0.6) is 0 Å². The Labute approximate surface area is 163 Å². The van der Waals surface area contributed by atoms with Crippen molar-refractivity contribution < 1.29 is 13.6 Å². The number of ether oxygens (including phenoxy) is 1. The van der Waals surface area contributed by atoms with Crippen LogP contribution in [0.1, 0.15) is 53.2 Å². The normalized spacial score (nSPS) is 14.5. The first-order chi connectivity index (χ1) is 12.1. The third-order valence-corrected chi connectivity index (χ3v) is 11.0. The van der Waals surface area contributed by atoms with E-state index in [4.69, 9.17) is 9.16 Å². The van der Waals surface area contributed by atoms with Crippen LogP contribution in [-0.4, -0.2) is 52.2 Å². The molecule has 1 aromatic rings. The summed E-state index contributed by atoms with van der Waals surface area (Å²) in [5, 5.41) is 0.215. The molecule has 4 heteroatoms. The van der Waals surface area contributed by atoms with E-state index in [0.29, 0.717) is 6.61 Å². The third-order valence-electron chi connectivity index (χ3n) is 6.47. The van der Waals surface area contributed by atoms with Crippen LogP contribution in [0.15, 0.2) is 30.3 Å². The third kappa shape index (κ3) is 6.49. The Morgan fingerprint density at radius 2 is 1.50 bits per heavy atom. The van der Waals surface area contributed by atoms with Gasteiger partial charge in [0, 0.05) is 0 Å². The molecule has 0 fully saturated rings. The molecule has 0 aliphatic heterocycles. The maximum atomic E-state index is 6.48. The summed E-state index contributed by atoms with van der Waals surface area (Å²) >= 11 is 0. The minimum absolute atomic E-state index is 0.0118. The molecule has 150 valence electrons. The zero-order valence-corrected chi connectivity index (χ0v) is 19.5. The summed E-state index contributed by atoms with van der Waals surface area (Å²) in [5.74, 6) is 0. The van der Waals surface area contributed by atoms with E-state index in [1.54, 1.807) is 0 Å². The summed E-state index contributed by atoms with van der Waals surface area (Å²) in [5.41, 5.74) is 1.22. The Balaban J connectivity index is 2.78. The Kier molecular flexibility index (Phi) is 9.00. The summed E-state index contributed by atoms with van der Waals surface area (Å²) in [7, 11) is -1.78. The quantitative estimate of drug-likeness (QED) is 0.365. The number of rotatable bonds is 11. The predicted molar refractivity (Wildman–Crippen MR) is 115 cm³/mol. The molecule has 0 heterocycles.